The number of ether oxygens (including phenoxy) is 3. The molecular weight excluding hydrogens is 405 g/mol. The largest absolute Gasteiger partial charge is 0.493 e. The maximum absolute atomic E-state index is 13.6. The van der Waals surface area contributed by atoms with Crippen molar-refractivity contribution in [1.29, 1.82) is 0 Å². The van der Waals surface area contributed by atoms with E-state index in [1.807, 2.05) is 0 Å². The van der Waals surface area contributed by atoms with Crippen LogP contribution in [0.15, 0.2) is 48.7 Å². The van der Waals surface area contributed by atoms with E-state index in [-0.39, 0.29) is 28.5 Å². The Balaban J connectivity index is 2.05. The van der Waals surface area contributed by atoms with E-state index in [9.17, 15) is 18.0 Å². The van der Waals surface area contributed by atoms with Crippen LogP contribution in [0.3, 0.4) is 0 Å². The van der Waals surface area contributed by atoms with Gasteiger partial charge in [-0.2, -0.15) is 13.2 Å². The normalized spacial score (nSPS) is 12.3. The number of aromatic nitrogens is 3. The lowest BCUT2D eigenvalue weighted by molar-refractivity contribution is -0.199. The number of nitrogens with two attached hydrogens (primary N) is 1. The highest BCUT2D eigenvalue weighted by atomic mass is 19.4. The standard InChI is InChI=1S/C19H17F3N4O4/c1-28-15-8-12(18(23)27)14(9-16(15)29-2)26-10-13(24-25-26)17(19(20,21)22)30-11-6-4-3-5-7-11/h3-10,17H,1-2H3,(H2,23,27). The Labute approximate surface area is 169 Å². The number of benzene rings is 2. The molecule has 0 radical (unpaired) electrons. The van der Waals surface area contributed by atoms with E-state index in [0.29, 0.717) is 0 Å². The molecule has 1 amide bonds. The van der Waals surface area contributed by atoms with Gasteiger partial charge < -0.3 is 19.9 Å². The number of alkyl halides is 3. The average molecular weight is 422 g/mol. The number of nitrogens with zero attached hydrogens (tertiary/aromatic N) is 3. The fourth-order valence-corrected chi connectivity index (χ4v) is 2.70. The number of para-hydroxylation sites is 1. The van der Waals surface area contributed by atoms with Crippen LogP contribution in [0.1, 0.15) is 22.2 Å². The van der Waals surface area contributed by atoms with E-state index in [0.717, 1.165) is 10.9 Å². The molecule has 0 saturated carbocycles. The molecule has 1 aromatic heterocycles. The number of carbonyl (C=O) groups excluding carboxylic acids is 1. The molecule has 0 fully saturated rings. The quantitative estimate of drug-likeness (QED) is 0.628. The second-order valence-electron chi connectivity index (χ2n) is 6.03. The van der Waals surface area contributed by atoms with Gasteiger partial charge in [-0.3, -0.25) is 4.79 Å². The minimum atomic E-state index is -4.76. The van der Waals surface area contributed by atoms with Gasteiger partial charge in [0.25, 0.3) is 5.91 Å². The van der Waals surface area contributed by atoms with Crippen LogP contribution in [0.2, 0.25) is 0 Å². The zero-order chi connectivity index (χ0) is 21.9. The number of carbonyl (C=O) groups is 1. The minimum absolute atomic E-state index is 0.0123. The van der Waals surface area contributed by atoms with Crippen molar-refractivity contribution in [3.8, 4) is 22.9 Å². The van der Waals surface area contributed by atoms with Gasteiger partial charge in [-0.05, 0) is 18.2 Å². The van der Waals surface area contributed by atoms with E-state index in [1.165, 1.54) is 38.5 Å². The Morgan fingerprint density at radius 2 is 1.73 bits per heavy atom. The Kier molecular flexibility index (Phi) is 5.81. The second kappa shape index (κ2) is 8.31. The van der Waals surface area contributed by atoms with Gasteiger partial charge in [-0.1, -0.05) is 23.4 Å². The topological polar surface area (TPSA) is 101 Å². The van der Waals surface area contributed by atoms with Gasteiger partial charge in [0.05, 0.1) is 31.7 Å². The summed E-state index contributed by atoms with van der Waals surface area (Å²) in [6.45, 7) is 0. The van der Waals surface area contributed by atoms with E-state index in [1.54, 1.807) is 18.2 Å². The van der Waals surface area contributed by atoms with Crippen LogP contribution in [0, 0.1) is 0 Å². The number of hydrogen-bond acceptors (Lipinski definition) is 6. The Bertz CT molecular complexity index is 1040. The molecule has 8 nitrogen and oxygen atoms in total. The molecule has 2 aromatic carbocycles. The minimum Gasteiger partial charge on any atom is -0.493 e. The molecule has 1 heterocycles. The number of methoxy groups -OCH3 is 2. The van der Waals surface area contributed by atoms with E-state index < -0.39 is 23.9 Å². The summed E-state index contributed by atoms with van der Waals surface area (Å²) < 4.78 is 57.2. The van der Waals surface area contributed by atoms with Gasteiger partial charge in [0.2, 0.25) is 6.10 Å². The predicted octanol–water partition coefficient (Wildman–Crippen LogP) is 3.07. The summed E-state index contributed by atoms with van der Waals surface area (Å²) in [5.41, 5.74) is 4.92. The molecule has 2 N–H and O–H groups in total. The SMILES string of the molecule is COc1cc(C(N)=O)c(-n2cc(C(Oc3ccccc3)C(F)(F)F)nn2)cc1OC. The van der Waals surface area contributed by atoms with Crippen molar-refractivity contribution >= 4 is 5.91 Å². The molecule has 30 heavy (non-hydrogen) atoms. The van der Waals surface area contributed by atoms with Gasteiger partial charge in [0.1, 0.15) is 11.4 Å². The smallest absolute Gasteiger partial charge is 0.431 e. The Morgan fingerprint density at radius 3 is 2.30 bits per heavy atom. The van der Waals surface area contributed by atoms with Crippen LogP contribution in [0.5, 0.6) is 17.2 Å². The van der Waals surface area contributed by atoms with Crippen molar-refractivity contribution in [2.45, 2.75) is 12.3 Å². The Hall–Kier alpha value is -3.76. The third-order valence-electron chi connectivity index (χ3n) is 4.09. The first-order valence-electron chi connectivity index (χ1n) is 8.51. The molecule has 1 unspecified atom stereocenters. The zero-order valence-electron chi connectivity index (χ0n) is 15.9. The van der Waals surface area contributed by atoms with Crippen LogP contribution in [0.25, 0.3) is 5.69 Å². The molecule has 0 bridgehead atoms. The molecule has 158 valence electrons. The second-order valence-corrected chi connectivity index (χ2v) is 6.03. The number of hydrogen-bond donors (Lipinski definition) is 1. The van der Waals surface area contributed by atoms with Crippen molar-refractivity contribution in [3.05, 3.63) is 59.9 Å². The molecule has 3 rings (SSSR count). The zero-order valence-corrected chi connectivity index (χ0v) is 15.9. The molecule has 3 aromatic rings. The number of amides is 1. The lowest BCUT2D eigenvalue weighted by Crippen LogP contribution is -2.26. The maximum atomic E-state index is 13.6. The Morgan fingerprint density at radius 1 is 1.10 bits per heavy atom. The summed E-state index contributed by atoms with van der Waals surface area (Å²) in [5.74, 6) is -0.382. The summed E-state index contributed by atoms with van der Waals surface area (Å²) in [6.07, 6.45) is -6.12. The highest BCUT2D eigenvalue weighted by Crippen LogP contribution is 2.37. The third kappa shape index (κ3) is 4.29. The summed E-state index contributed by atoms with van der Waals surface area (Å²) in [5, 5.41) is 7.32. The summed E-state index contributed by atoms with van der Waals surface area (Å²) in [6, 6.07) is 10.2. The number of halogens is 3. The molecule has 0 aliphatic heterocycles. The van der Waals surface area contributed by atoms with E-state index in [2.05, 4.69) is 10.3 Å². The van der Waals surface area contributed by atoms with Crippen molar-refractivity contribution in [2.24, 2.45) is 5.73 Å². The van der Waals surface area contributed by atoms with Gasteiger partial charge >= 0.3 is 6.18 Å². The number of primary amides is 1. The van der Waals surface area contributed by atoms with Crippen LogP contribution in [0.4, 0.5) is 13.2 Å². The average Bonchev–Trinajstić information content (AvgIpc) is 3.20. The van der Waals surface area contributed by atoms with Crippen LogP contribution in [-0.4, -0.2) is 41.3 Å². The van der Waals surface area contributed by atoms with Crippen LogP contribution in [-0.2, 0) is 0 Å². The molecule has 0 aliphatic carbocycles. The van der Waals surface area contributed by atoms with E-state index in [4.69, 9.17) is 19.9 Å². The molecule has 0 aliphatic rings. The fraction of sp³-hybridized carbons (Fsp3) is 0.211. The monoisotopic (exact) mass is 422 g/mol. The molecular formula is C19H17F3N4O4. The van der Waals surface area contributed by atoms with E-state index >= 15 is 0 Å². The first-order chi connectivity index (χ1) is 14.2. The van der Waals surface area contributed by atoms with Gasteiger partial charge in [-0.25, -0.2) is 4.68 Å². The summed E-state index contributed by atoms with van der Waals surface area (Å²) in [4.78, 5) is 11.9. The van der Waals surface area contributed by atoms with Crippen molar-refractivity contribution < 1.29 is 32.2 Å². The number of rotatable bonds is 7. The highest BCUT2D eigenvalue weighted by Gasteiger charge is 2.45. The molecule has 0 saturated heterocycles. The highest BCUT2D eigenvalue weighted by molar-refractivity contribution is 5.97. The first kappa shape index (κ1) is 21.0. The van der Waals surface area contributed by atoms with Crippen molar-refractivity contribution in [2.75, 3.05) is 14.2 Å². The van der Waals surface area contributed by atoms with Crippen molar-refractivity contribution in [3.63, 3.8) is 0 Å². The molecule has 11 heteroatoms. The van der Waals surface area contributed by atoms with Crippen molar-refractivity contribution in [1.82, 2.24) is 15.0 Å². The van der Waals surface area contributed by atoms with Gasteiger partial charge in [0, 0.05) is 6.07 Å². The van der Waals surface area contributed by atoms with Crippen LogP contribution < -0.4 is 19.9 Å². The maximum Gasteiger partial charge on any atom is 0.431 e. The lowest BCUT2D eigenvalue weighted by atomic mass is 10.1. The van der Waals surface area contributed by atoms with Gasteiger partial charge in [-0.15, -0.1) is 5.10 Å². The van der Waals surface area contributed by atoms with Crippen LogP contribution >= 0.6 is 0 Å². The fourth-order valence-electron chi connectivity index (χ4n) is 2.70. The summed E-state index contributed by atoms with van der Waals surface area (Å²) >= 11 is 0. The molecule has 1 atom stereocenters. The first-order valence-corrected chi connectivity index (χ1v) is 8.51. The predicted molar refractivity (Wildman–Crippen MR) is 98.8 cm³/mol. The van der Waals surface area contributed by atoms with Gasteiger partial charge in [0.15, 0.2) is 11.5 Å². The summed E-state index contributed by atoms with van der Waals surface area (Å²) in [7, 11) is 2.73. The lowest BCUT2D eigenvalue weighted by Gasteiger charge is -2.19. The molecule has 0 spiro atoms. The third-order valence-corrected chi connectivity index (χ3v) is 4.09.